The molecule has 158 valence electrons. The summed E-state index contributed by atoms with van der Waals surface area (Å²) in [5.74, 6) is 0.224. The Bertz CT molecular complexity index is 840. The molecular formula is C20H29N5O2S2. The predicted molar refractivity (Wildman–Crippen MR) is 122 cm³/mol. The summed E-state index contributed by atoms with van der Waals surface area (Å²) in [5, 5.41) is 25.1. The zero-order chi connectivity index (χ0) is 21.6. The first-order valence-electron chi connectivity index (χ1n) is 9.47. The molecule has 3 N–H and O–H groups in total. The second kappa shape index (κ2) is 10.1. The molecular weight excluding hydrogens is 406 g/mol. The van der Waals surface area contributed by atoms with Gasteiger partial charge in [0, 0.05) is 30.1 Å². The van der Waals surface area contributed by atoms with Crippen LogP contribution in [0.2, 0.25) is 0 Å². The molecule has 1 aliphatic heterocycles. The molecule has 2 aromatic rings. The number of aliphatic hydroxyl groups is 1. The Hall–Kier alpha value is -2.10. The molecule has 0 radical (unpaired) electrons. The first-order chi connectivity index (χ1) is 13.8. The van der Waals surface area contributed by atoms with Gasteiger partial charge in [0.25, 0.3) is 5.91 Å². The lowest BCUT2D eigenvalue weighted by atomic mass is 9.91. The lowest BCUT2D eigenvalue weighted by molar-refractivity contribution is 0.0606. The number of carbonyl (C=O) groups is 1. The predicted octanol–water partition coefficient (Wildman–Crippen LogP) is 4.52. The maximum Gasteiger partial charge on any atom is 0.257 e. The molecule has 0 spiro atoms. The largest absolute Gasteiger partial charge is 0.383 e. The summed E-state index contributed by atoms with van der Waals surface area (Å²) in [7, 11) is 0. The Balaban J connectivity index is 0.00000145. The van der Waals surface area contributed by atoms with Crippen LogP contribution in [0.5, 0.6) is 0 Å². The summed E-state index contributed by atoms with van der Waals surface area (Å²) in [6.07, 6.45) is 3.59. The van der Waals surface area contributed by atoms with E-state index in [-0.39, 0.29) is 17.9 Å². The summed E-state index contributed by atoms with van der Waals surface area (Å²) in [6.45, 7) is 10.6. The van der Waals surface area contributed by atoms with Gasteiger partial charge in [0.15, 0.2) is 0 Å². The highest BCUT2D eigenvalue weighted by molar-refractivity contribution is 7.14. The van der Waals surface area contributed by atoms with Crippen molar-refractivity contribution in [2.45, 2.75) is 58.1 Å². The van der Waals surface area contributed by atoms with E-state index in [1.165, 1.54) is 22.7 Å². The van der Waals surface area contributed by atoms with Crippen LogP contribution in [-0.4, -0.2) is 46.4 Å². The number of nitrogens with zero attached hydrogens (tertiary/aromatic N) is 3. The number of rotatable bonds is 5. The van der Waals surface area contributed by atoms with Crippen molar-refractivity contribution >= 4 is 46.5 Å². The van der Waals surface area contributed by atoms with E-state index in [0.29, 0.717) is 12.1 Å². The van der Waals surface area contributed by atoms with E-state index in [9.17, 15) is 9.90 Å². The Morgan fingerprint density at radius 1 is 1.45 bits per heavy atom. The molecule has 2 atom stereocenters. The molecule has 0 aliphatic carbocycles. The first kappa shape index (κ1) is 23.2. The summed E-state index contributed by atoms with van der Waals surface area (Å²) < 4.78 is 0. The van der Waals surface area contributed by atoms with Gasteiger partial charge in [-0.1, -0.05) is 0 Å². The molecule has 3 heterocycles. The Morgan fingerprint density at radius 3 is 2.79 bits per heavy atom. The molecule has 1 unspecified atom stereocenters. The number of amides is 1. The van der Waals surface area contributed by atoms with Gasteiger partial charge in [0.2, 0.25) is 0 Å². The third kappa shape index (κ3) is 5.49. The molecule has 0 bridgehead atoms. The minimum atomic E-state index is -0.933. The van der Waals surface area contributed by atoms with E-state index in [1.54, 1.807) is 20.1 Å². The van der Waals surface area contributed by atoms with Crippen LogP contribution in [0, 0.1) is 5.41 Å². The van der Waals surface area contributed by atoms with E-state index in [4.69, 9.17) is 5.41 Å². The summed E-state index contributed by atoms with van der Waals surface area (Å²) in [4.78, 5) is 19.8. The second-order valence-electron chi connectivity index (χ2n) is 7.38. The van der Waals surface area contributed by atoms with Gasteiger partial charge < -0.3 is 15.4 Å². The van der Waals surface area contributed by atoms with Crippen molar-refractivity contribution in [1.82, 2.24) is 9.88 Å². The van der Waals surface area contributed by atoms with Crippen LogP contribution in [0.1, 0.15) is 67.5 Å². The minimum Gasteiger partial charge on any atom is -0.383 e. The van der Waals surface area contributed by atoms with E-state index >= 15 is 0 Å². The summed E-state index contributed by atoms with van der Waals surface area (Å²) in [5.41, 5.74) is 3.64. The van der Waals surface area contributed by atoms with Crippen LogP contribution in [0.15, 0.2) is 21.9 Å². The fourth-order valence-corrected chi connectivity index (χ4v) is 4.88. The van der Waals surface area contributed by atoms with Crippen molar-refractivity contribution in [3.8, 4) is 0 Å². The fourth-order valence-electron chi connectivity index (χ4n) is 3.23. The van der Waals surface area contributed by atoms with Gasteiger partial charge in [-0.2, -0.15) is 5.10 Å². The van der Waals surface area contributed by atoms with Crippen LogP contribution in [0.25, 0.3) is 0 Å². The third-order valence-corrected chi connectivity index (χ3v) is 6.79. The fraction of sp³-hybridized carbons (Fsp3) is 0.500. The normalized spacial score (nSPS) is 19.7. The summed E-state index contributed by atoms with van der Waals surface area (Å²) >= 11 is 2.96. The number of carbonyl (C=O) groups excluding carboxylic acids is 1. The van der Waals surface area contributed by atoms with E-state index in [2.05, 4.69) is 29.2 Å². The number of hydrazone groups is 1. The van der Waals surface area contributed by atoms with Crippen LogP contribution >= 0.6 is 22.7 Å². The van der Waals surface area contributed by atoms with Crippen LogP contribution in [0.3, 0.4) is 0 Å². The standard InChI is InChI=1S/C19H26N4O2S2.CH3N/c1-5-20-22-16-14(8-9-26-16)17(24)23-10-13(7-6-12(23)2)15-11-27-18(21-15)19(3,4)25;1-2/h5,8-9,11-13,22,25H,6-7,10H2,1-4H3;2H,1H2/b20-5-;/t12-,13?;/m1./s1. The molecule has 2 aromatic heterocycles. The molecule has 1 amide bonds. The average molecular weight is 436 g/mol. The molecule has 7 nitrogen and oxygen atoms in total. The molecule has 1 fully saturated rings. The quantitative estimate of drug-likeness (QED) is 0.474. The number of nitrogens with one attached hydrogen (secondary N) is 2. The van der Waals surface area contributed by atoms with E-state index < -0.39 is 5.60 Å². The number of thiazole rings is 1. The zero-order valence-corrected chi connectivity index (χ0v) is 18.9. The minimum absolute atomic E-state index is 0.0280. The number of piperidine rings is 1. The summed E-state index contributed by atoms with van der Waals surface area (Å²) in [6, 6.07) is 2.04. The number of aromatic nitrogens is 1. The number of thiophene rings is 1. The molecule has 1 aliphatic rings. The molecule has 0 saturated carbocycles. The van der Waals surface area contributed by atoms with Crippen molar-refractivity contribution in [3.63, 3.8) is 0 Å². The maximum atomic E-state index is 13.2. The average Bonchev–Trinajstić information content (AvgIpc) is 3.37. The SMILES string of the molecule is C/C=N\Nc1sccc1C(=O)N1CC(c2csc(C(C)(C)O)n2)CC[C@H]1C.C=N. The highest BCUT2D eigenvalue weighted by Crippen LogP contribution is 2.35. The topological polar surface area (TPSA) is 102 Å². The molecule has 0 aromatic carbocycles. The highest BCUT2D eigenvalue weighted by Gasteiger charge is 2.33. The van der Waals surface area contributed by atoms with Crippen molar-refractivity contribution < 1.29 is 9.90 Å². The molecule has 3 rings (SSSR count). The molecule has 9 heteroatoms. The number of hydrogen-bond donors (Lipinski definition) is 3. The molecule has 29 heavy (non-hydrogen) atoms. The van der Waals surface area contributed by atoms with E-state index in [0.717, 1.165) is 28.5 Å². The Kier molecular flexibility index (Phi) is 8.06. The Labute approximate surface area is 180 Å². The van der Waals surface area contributed by atoms with Gasteiger partial charge in [-0.3, -0.25) is 10.2 Å². The number of anilines is 1. The van der Waals surface area contributed by atoms with Crippen molar-refractivity contribution in [3.05, 3.63) is 33.1 Å². The van der Waals surface area contributed by atoms with Crippen LogP contribution in [0.4, 0.5) is 5.00 Å². The van der Waals surface area contributed by atoms with Gasteiger partial charge in [-0.25, -0.2) is 4.98 Å². The molecule has 1 saturated heterocycles. The maximum absolute atomic E-state index is 13.2. The second-order valence-corrected chi connectivity index (χ2v) is 9.15. The van der Waals surface area contributed by atoms with Gasteiger partial charge in [-0.15, -0.1) is 22.7 Å². The Morgan fingerprint density at radius 2 is 2.17 bits per heavy atom. The van der Waals surface area contributed by atoms with Crippen molar-refractivity contribution in [2.24, 2.45) is 5.10 Å². The van der Waals surface area contributed by atoms with Gasteiger partial charge >= 0.3 is 0 Å². The van der Waals surface area contributed by atoms with Gasteiger partial charge in [0.1, 0.15) is 15.6 Å². The lowest BCUT2D eigenvalue weighted by Crippen LogP contribution is -2.45. The smallest absolute Gasteiger partial charge is 0.257 e. The van der Waals surface area contributed by atoms with E-state index in [1.807, 2.05) is 28.7 Å². The van der Waals surface area contributed by atoms with Crippen LogP contribution in [-0.2, 0) is 5.60 Å². The monoisotopic (exact) mass is 435 g/mol. The zero-order valence-electron chi connectivity index (χ0n) is 17.3. The first-order valence-corrected chi connectivity index (χ1v) is 11.2. The van der Waals surface area contributed by atoms with Gasteiger partial charge in [-0.05, 0) is 58.7 Å². The lowest BCUT2D eigenvalue weighted by Gasteiger charge is -2.37. The van der Waals surface area contributed by atoms with Gasteiger partial charge in [0.05, 0.1) is 11.3 Å². The number of hydrogen-bond acceptors (Lipinski definition) is 8. The number of likely N-dealkylation sites (tertiary alicyclic amines) is 1. The third-order valence-electron chi connectivity index (χ3n) is 4.80. The highest BCUT2D eigenvalue weighted by atomic mass is 32.1. The van der Waals surface area contributed by atoms with Crippen molar-refractivity contribution in [1.29, 1.82) is 5.41 Å². The van der Waals surface area contributed by atoms with Crippen molar-refractivity contribution in [2.75, 3.05) is 12.0 Å². The van der Waals surface area contributed by atoms with Crippen LogP contribution < -0.4 is 5.43 Å².